The quantitative estimate of drug-likeness (QED) is 0.177. The molecule has 2 aliphatic heterocycles. The second-order valence-corrected chi connectivity index (χ2v) is 13.7. The van der Waals surface area contributed by atoms with Crippen molar-refractivity contribution in [2.24, 2.45) is 0 Å². The van der Waals surface area contributed by atoms with E-state index in [1.54, 1.807) is 27.2 Å². The molecule has 2 aliphatic rings. The van der Waals surface area contributed by atoms with Crippen molar-refractivity contribution < 1.29 is 73.8 Å². The molecule has 6 aromatic rings. The normalized spacial score (nSPS) is 12.2. The fourth-order valence-electron chi connectivity index (χ4n) is 5.05. The molecule has 256 valence electrons. The van der Waals surface area contributed by atoms with Crippen LogP contribution in [0, 0.1) is 34.7 Å². The SMILES string of the molecule is C.Cc1sc2c(c1Br)COCc1nnc(C)n1-2.Cc1sc2c(c1Cn1cccc1)COCc1nnc(C)n1-2.FB(F)F.[CH2-]n1cccc1.[K+]. The summed E-state index contributed by atoms with van der Waals surface area (Å²) >= 11 is 7.16. The molecular weight excluding hydrogens is 767 g/mol. The molecule has 18 heteroatoms. The number of fused-ring (bicyclic) bond motifs is 6. The summed E-state index contributed by atoms with van der Waals surface area (Å²) in [6.45, 7) is 11.4. The standard InChI is InChI=1S/C15H16N4OS.C10H10BrN3OS.C5H6N.CH4.BF3.K/c1-10-12(7-18-5-3-4-6-18)13-8-20-9-14-17-16-11(2)19(14)15(13)21-10;1-5-9(11)7-3-15-4-8-13-12-6(2)14(8)10(7)16-5;1-6-4-2-3-5-6;;2-1(3)4;/h3-6H,7-9H2,1-2H3;3-4H2,1-2H3;2-5H,1H2;1H4;;/q;;-1;;;+1. The van der Waals surface area contributed by atoms with Gasteiger partial charge in [-0.05, 0) is 61.3 Å². The molecule has 0 fully saturated rings. The summed E-state index contributed by atoms with van der Waals surface area (Å²) in [5, 5.41) is 19.0. The van der Waals surface area contributed by atoms with Crippen LogP contribution in [0.1, 0.15) is 57.2 Å². The Labute approximate surface area is 343 Å². The number of rotatable bonds is 2. The molecule has 10 nitrogen and oxygen atoms in total. The molecule has 0 amide bonds. The van der Waals surface area contributed by atoms with Gasteiger partial charge in [-0.25, -0.2) is 0 Å². The van der Waals surface area contributed by atoms with Crippen LogP contribution in [0.25, 0.3) is 10.0 Å². The van der Waals surface area contributed by atoms with E-state index in [1.807, 2.05) is 38.4 Å². The third-order valence-corrected chi connectivity index (χ3v) is 10.8. The molecule has 0 unspecified atom stereocenters. The van der Waals surface area contributed by atoms with Crippen molar-refractivity contribution in [2.75, 3.05) is 0 Å². The van der Waals surface area contributed by atoms with Gasteiger partial charge in [0.05, 0.1) is 13.2 Å². The Bertz CT molecular complexity index is 1910. The Morgan fingerprint density at radius 2 is 1.20 bits per heavy atom. The number of hydrogen-bond donors (Lipinski definition) is 0. The first-order valence-corrected chi connectivity index (χ1v) is 16.8. The van der Waals surface area contributed by atoms with Crippen molar-refractivity contribution >= 4 is 46.1 Å². The van der Waals surface area contributed by atoms with Crippen molar-refractivity contribution in [1.82, 2.24) is 38.7 Å². The molecule has 0 aliphatic carbocycles. The van der Waals surface area contributed by atoms with E-state index in [0.717, 1.165) is 34.3 Å². The van der Waals surface area contributed by atoms with E-state index >= 15 is 0 Å². The molecular formula is C31H36BBrF3KN8O2S2. The van der Waals surface area contributed by atoms with E-state index in [2.05, 4.69) is 95.4 Å². The third-order valence-electron chi connectivity index (χ3n) is 7.20. The Balaban J connectivity index is 0.000000205. The first-order valence-electron chi connectivity index (χ1n) is 14.4. The molecule has 8 heterocycles. The van der Waals surface area contributed by atoms with Crippen molar-refractivity contribution in [3.8, 4) is 10.0 Å². The van der Waals surface area contributed by atoms with Gasteiger partial charge in [0.15, 0.2) is 11.6 Å². The first-order chi connectivity index (χ1) is 22.5. The Morgan fingerprint density at radius 3 is 1.69 bits per heavy atom. The van der Waals surface area contributed by atoms with Crippen molar-refractivity contribution in [3.63, 3.8) is 0 Å². The first kappa shape index (κ1) is 41.4. The molecule has 0 saturated heterocycles. The van der Waals surface area contributed by atoms with Gasteiger partial charge in [-0.15, -0.1) is 74.6 Å². The third kappa shape index (κ3) is 10.1. The zero-order valence-electron chi connectivity index (χ0n) is 27.2. The zero-order chi connectivity index (χ0) is 33.7. The van der Waals surface area contributed by atoms with Gasteiger partial charge in [-0.3, -0.25) is 22.1 Å². The predicted molar refractivity (Wildman–Crippen MR) is 187 cm³/mol. The van der Waals surface area contributed by atoms with Gasteiger partial charge >= 0.3 is 58.9 Å². The van der Waals surface area contributed by atoms with Gasteiger partial charge in [0.2, 0.25) is 0 Å². The minimum absolute atomic E-state index is 0. The maximum Gasteiger partial charge on any atom is 1.00 e. The van der Waals surface area contributed by atoms with Gasteiger partial charge in [0, 0.05) is 44.3 Å². The van der Waals surface area contributed by atoms with Crippen molar-refractivity contribution in [1.29, 1.82) is 0 Å². The minimum atomic E-state index is -3.67. The topological polar surface area (TPSA) is 89.7 Å². The van der Waals surface area contributed by atoms with Crippen LogP contribution in [0.5, 0.6) is 0 Å². The predicted octanol–water partition coefficient (Wildman–Crippen LogP) is 5.21. The van der Waals surface area contributed by atoms with Gasteiger partial charge < -0.3 is 18.6 Å². The fraction of sp³-hybridized carbons (Fsp3) is 0.323. The van der Waals surface area contributed by atoms with Crippen LogP contribution in [0.4, 0.5) is 12.9 Å². The fourth-order valence-corrected chi connectivity index (χ4v) is 8.08. The summed E-state index contributed by atoms with van der Waals surface area (Å²) < 4.78 is 49.7. The molecule has 49 heavy (non-hydrogen) atoms. The number of hydrogen-bond acceptors (Lipinski definition) is 8. The summed E-state index contributed by atoms with van der Waals surface area (Å²) in [6.07, 6.45) is 7.97. The second-order valence-electron chi connectivity index (χ2n) is 10.5. The van der Waals surface area contributed by atoms with E-state index in [9.17, 15) is 12.9 Å². The molecule has 0 aromatic carbocycles. The smallest absolute Gasteiger partial charge is 0.493 e. The Hall–Kier alpha value is -2.00. The maximum atomic E-state index is 9.67. The number of thiophene rings is 2. The van der Waals surface area contributed by atoms with E-state index < -0.39 is 7.54 Å². The van der Waals surface area contributed by atoms with Crippen LogP contribution in [0.2, 0.25) is 0 Å². The molecule has 0 atom stereocenters. The van der Waals surface area contributed by atoms with E-state index in [1.165, 1.54) is 36.4 Å². The number of aryl methyl sites for hydroxylation is 4. The Morgan fingerprint density at radius 1 is 0.755 bits per heavy atom. The van der Waals surface area contributed by atoms with Crippen LogP contribution in [0.3, 0.4) is 0 Å². The zero-order valence-corrected chi connectivity index (χ0v) is 33.5. The van der Waals surface area contributed by atoms with E-state index in [-0.39, 0.29) is 58.8 Å². The van der Waals surface area contributed by atoms with Crippen molar-refractivity contribution in [3.05, 3.63) is 110 Å². The molecule has 0 radical (unpaired) electrons. The monoisotopic (exact) mass is 802 g/mol. The summed E-state index contributed by atoms with van der Waals surface area (Å²) in [7, 11) is -0.0694. The van der Waals surface area contributed by atoms with Gasteiger partial charge in [0.25, 0.3) is 0 Å². The number of halogens is 4. The van der Waals surface area contributed by atoms with Crippen LogP contribution >= 0.6 is 38.6 Å². The summed E-state index contributed by atoms with van der Waals surface area (Å²) in [5.41, 5.74) is 3.82. The Kier molecular flexibility index (Phi) is 16.1. The molecule has 6 aromatic heterocycles. The summed E-state index contributed by atoms with van der Waals surface area (Å²) in [5.74, 6) is 3.60. The second kappa shape index (κ2) is 19.0. The van der Waals surface area contributed by atoms with E-state index in [4.69, 9.17) is 9.47 Å². The number of aromatic nitrogens is 8. The molecule has 0 saturated carbocycles. The van der Waals surface area contributed by atoms with E-state index in [0.29, 0.717) is 26.4 Å². The molecule has 0 spiro atoms. The average molecular weight is 804 g/mol. The summed E-state index contributed by atoms with van der Waals surface area (Å²) in [4.78, 5) is 2.59. The van der Waals surface area contributed by atoms with Gasteiger partial charge in [0.1, 0.15) is 34.9 Å². The van der Waals surface area contributed by atoms with Crippen molar-refractivity contribution in [2.45, 2.75) is 68.1 Å². The van der Waals surface area contributed by atoms with Crippen LogP contribution in [-0.2, 0) is 42.4 Å². The maximum absolute atomic E-state index is 9.67. The average Bonchev–Trinajstić information content (AvgIpc) is 3.88. The minimum Gasteiger partial charge on any atom is -0.493 e. The largest absolute Gasteiger partial charge is 1.00 e. The number of ether oxygens (including phenoxy) is 2. The van der Waals surface area contributed by atoms with Crippen LogP contribution in [-0.4, -0.2) is 46.2 Å². The summed E-state index contributed by atoms with van der Waals surface area (Å²) in [6, 6.07) is 7.98. The molecule has 8 rings (SSSR count). The van der Waals surface area contributed by atoms with Crippen LogP contribution < -0.4 is 51.4 Å². The molecule has 0 bridgehead atoms. The van der Waals surface area contributed by atoms with Crippen LogP contribution in [0.15, 0.2) is 53.5 Å². The number of nitrogens with zero attached hydrogens (tertiary/aromatic N) is 8. The van der Waals surface area contributed by atoms with Gasteiger partial charge in [-0.1, -0.05) is 7.43 Å². The molecule has 0 N–H and O–H groups in total. The van der Waals surface area contributed by atoms with Gasteiger partial charge in [-0.2, -0.15) is 0 Å².